The largest absolute Gasteiger partial charge is 0.383 e. The summed E-state index contributed by atoms with van der Waals surface area (Å²) in [6.45, 7) is 2.41. The quantitative estimate of drug-likeness (QED) is 0.619. The molecule has 0 amide bonds. The molecule has 92 valence electrons. The van der Waals surface area contributed by atoms with Crippen LogP contribution in [0, 0.1) is 17.0 Å². The molecule has 0 atom stereocenters. The van der Waals surface area contributed by atoms with Gasteiger partial charge < -0.3 is 11.1 Å². The van der Waals surface area contributed by atoms with Gasteiger partial charge in [0.25, 0.3) is 5.69 Å². The van der Waals surface area contributed by atoms with Gasteiger partial charge in [-0.05, 0) is 32.3 Å². The zero-order valence-electron chi connectivity index (χ0n) is 9.90. The number of rotatable bonds is 4. The first kappa shape index (κ1) is 11.9. The number of nitrogens with two attached hydrogens (primary N) is 1. The van der Waals surface area contributed by atoms with Crippen molar-refractivity contribution in [2.75, 3.05) is 11.9 Å². The van der Waals surface area contributed by atoms with Crippen molar-refractivity contribution in [2.45, 2.75) is 31.7 Å². The third-order valence-corrected chi connectivity index (χ3v) is 3.40. The van der Waals surface area contributed by atoms with E-state index < -0.39 is 0 Å². The lowest BCUT2D eigenvalue weighted by Gasteiger charge is -2.38. The molecule has 1 aromatic carbocycles. The van der Waals surface area contributed by atoms with Gasteiger partial charge in [0, 0.05) is 29.4 Å². The molecule has 0 saturated heterocycles. The van der Waals surface area contributed by atoms with E-state index in [0.717, 1.165) is 18.5 Å². The number of benzene rings is 1. The summed E-state index contributed by atoms with van der Waals surface area (Å²) >= 11 is 0. The Morgan fingerprint density at radius 1 is 1.53 bits per heavy atom. The van der Waals surface area contributed by atoms with Crippen LogP contribution >= 0.6 is 0 Å². The number of nitrogens with zero attached hydrogens (tertiary/aromatic N) is 1. The van der Waals surface area contributed by atoms with Crippen LogP contribution in [0.2, 0.25) is 0 Å². The summed E-state index contributed by atoms with van der Waals surface area (Å²) in [6.07, 6.45) is 3.22. The normalized spacial score (nSPS) is 17.3. The van der Waals surface area contributed by atoms with Crippen molar-refractivity contribution in [3.8, 4) is 0 Å². The van der Waals surface area contributed by atoms with E-state index in [1.165, 1.54) is 6.42 Å². The Labute approximate surface area is 100 Å². The van der Waals surface area contributed by atoms with Gasteiger partial charge >= 0.3 is 0 Å². The minimum Gasteiger partial charge on any atom is -0.383 e. The lowest BCUT2D eigenvalue weighted by Crippen LogP contribution is -2.51. The fourth-order valence-corrected chi connectivity index (χ4v) is 2.00. The second kappa shape index (κ2) is 4.33. The van der Waals surface area contributed by atoms with E-state index in [2.05, 4.69) is 5.32 Å². The van der Waals surface area contributed by atoms with Gasteiger partial charge in [-0.15, -0.1) is 0 Å². The average Bonchev–Trinajstić information content (AvgIpc) is 2.25. The highest BCUT2D eigenvalue weighted by molar-refractivity contribution is 5.55. The second-order valence-corrected chi connectivity index (χ2v) is 4.83. The summed E-state index contributed by atoms with van der Waals surface area (Å²) in [5.74, 6) is 0. The van der Waals surface area contributed by atoms with Crippen LogP contribution in [0.5, 0.6) is 0 Å². The number of nitro groups is 1. The van der Waals surface area contributed by atoms with Crippen LogP contribution in [0.1, 0.15) is 24.8 Å². The molecule has 0 unspecified atom stereocenters. The lowest BCUT2D eigenvalue weighted by molar-refractivity contribution is -0.385. The third-order valence-electron chi connectivity index (χ3n) is 3.40. The molecule has 0 aromatic heterocycles. The van der Waals surface area contributed by atoms with E-state index in [1.807, 2.05) is 6.07 Å². The van der Waals surface area contributed by atoms with Crippen LogP contribution in [-0.2, 0) is 0 Å². The number of hydrogen-bond donors (Lipinski definition) is 2. The van der Waals surface area contributed by atoms with E-state index in [0.29, 0.717) is 12.1 Å². The van der Waals surface area contributed by atoms with E-state index in [-0.39, 0.29) is 16.1 Å². The monoisotopic (exact) mass is 235 g/mol. The molecular weight excluding hydrogens is 218 g/mol. The van der Waals surface area contributed by atoms with Gasteiger partial charge in [-0.25, -0.2) is 0 Å². The maximum Gasteiger partial charge on any atom is 0.274 e. The number of nitrogens with one attached hydrogen (secondary N) is 1. The Morgan fingerprint density at radius 3 is 2.76 bits per heavy atom. The number of nitro benzene ring substituents is 1. The Hall–Kier alpha value is -1.62. The Kier molecular flexibility index (Phi) is 3.02. The molecule has 0 radical (unpaired) electrons. The molecule has 17 heavy (non-hydrogen) atoms. The fourth-order valence-electron chi connectivity index (χ4n) is 2.00. The molecule has 0 bridgehead atoms. The highest BCUT2D eigenvalue weighted by Crippen LogP contribution is 2.30. The topological polar surface area (TPSA) is 81.2 Å². The zero-order valence-corrected chi connectivity index (χ0v) is 9.90. The van der Waals surface area contributed by atoms with Gasteiger partial charge in [0.2, 0.25) is 0 Å². The zero-order chi connectivity index (χ0) is 12.5. The molecule has 1 aliphatic carbocycles. The van der Waals surface area contributed by atoms with Crippen LogP contribution in [0.15, 0.2) is 18.2 Å². The maximum atomic E-state index is 10.8. The molecule has 1 aromatic rings. The number of aryl methyl sites for hydroxylation is 1. The summed E-state index contributed by atoms with van der Waals surface area (Å²) < 4.78 is 0. The first-order valence-corrected chi connectivity index (χ1v) is 5.78. The Morgan fingerprint density at radius 2 is 2.24 bits per heavy atom. The molecule has 1 fully saturated rings. The van der Waals surface area contributed by atoms with Crippen molar-refractivity contribution < 1.29 is 4.92 Å². The molecule has 3 N–H and O–H groups in total. The second-order valence-electron chi connectivity index (χ2n) is 4.83. The van der Waals surface area contributed by atoms with Crippen LogP contribution < -0.4 is 11.1 Å². The molecule has 2 rings (SSSR count). The summed E-state index contributed by atoms with van der Waals surface area (Å²) in [7, 11) is 0. The van der Waals surface area contributed by atoms with E-state index in [1.54, 1.807) is 19.1 Å². The molecule has 0 heterocycles. The highest BCUT2D eigenvalue weighted by atomic mass is 16.6. The van der Waals surface area contributed by atoms with Gasteiger partial charge in [0.1, 0.15) is 0 Å². The summed E-state index contributed by atoms with van der Waals surface area (Å²) in [5, 5.41) is 14.0. The van der Waals surface area contributed by atoms with Crippen LogP contribution in [0.3, 0.4) is 0 Å². The van der Waals surface area contributed by atoms with Gasteiger partial charge in [-0.3, -0.25) is 10.1 Å². The molecule has 1 saturated carbocycles. The van der Waals surface area contributed by atoms with Crippen LogP contribution in [0.25, 0.3) is 0 Å². The summed E-state index contributed by atoms with van der Waals surface area (Å²) in [6, 6.07) is 5.17. The summed E-state index contributed by atoms with van der Waals surface area (Å²) in [5.41, 5.74) is 7.54. The molecular formula is C12H17N3O2. The van der Waals surface area contributed by atoms with E-state index >= 15 is 0 Å². The predicted molar refractivity (Wildman–Crippen MR) is 67.1 cm³/mol. The van der Waals surface area contributed by atoms with Crippen molar-refractivity contribution in [2.24, 2.45) is 5.73 Å². The highest BCUT2D eigenvalue weighted by Gasteiger charge is 2.32. The molecule has 1 aliphatic rings. The first-order chi connectivity index (χ1) is 8.00. The molecule has 5 heteroatoms. The van der Waals surface area contributed by atoms with E-state index in [9.17, 15) is 10.1 Å². The molecule has 5 nitrogen and oxygen atoms in total. The first-order valence-electron chi connectivity index (χ1n) is 5.78. The van der Waals surface area contributed by atoms with Crippen molar-refractivity contribution in [3.63, 3.8) is 0 Å². The fraction of sp³-hybridized carbons (Fsp3) is 0.500. The predicted octanol–water partition coefficient (Wildman–Crippen LogP) is 2.20. The van der Waals surface area contributed by atoms with Crippen molar-refractivity contribution in [3.05, 3.63) is 33.9 Å². The SMILES string of the molecule is Cc1ccc(NCC2(N)CCC2)cc1[N+](=O)[O-]. The minimum absolute atomic E-state index is 0.125. The van der Waals surface area contributed by atoms with Gasteiger partial charge in [0.15, 0.2) is 0 Å². The Bertz CT molecular complexity index is 441. The lowest BCUT2D eigenvalue weighted by atomic mass is 9.78. The van der Waals surface area contributed by atoms with Crippen LogP contribution in [-0.4, -0.2) is 17.0 Å². The van der Waals surface area contributed by atoms with Crippen molar-refractivity contribution in [1.82, 2.24) is 0 Å². The third kappa shape index (κ3) is 2.55. The Balaban J connectivity index is 2.06. The summed E-state index contributed by atoms with van der Waals surface area (Å²) in [4.78, 5) is 10.4. The smallest absolute Gasteiger partial charge is 0.274 e. The molecule has 0 spiro atoms. The standard InChI is InChI=1S/C12H17N3O2/c1-9-3-4-10(7-11(9)15(16)17)14-8-12(13)5-2-6-12/h3-4,7,14H,2,5-6,8,13H2,1H3. The maximum absolute atomic E-state index is 10.8. The average molecular weight is 235 g/mol. The van der Waals surface area contributed by atoms with Gasteiger partial charge in [0.05, 0.1) is 4.92 Å². The minimum atomic E-state index is -0.359. The van der Waals surface area contributed by atoms with Crippen molar-refractivity contribution in [1.29, 1.82) is 0 Å². The number of anilines is 1. The molecule has 0 aliphatic heterocycles. The number of hydrogen-bond acceptors (Lipinski definition) is 4. The van der Waals surface area contributed by atoms with Crippen LogP contribution in [0.4, 0.5) is 11.4 Å². The van der Waals surface area contributed by atoms with Gasteiger partial charge in [-0.2, -0.15) is 0 Å². The van der Waals surface area contributed by atoms with Gasteiger partial charge in [-0.1, -0.05) is 6.07 Å². The van der Waals surface area contributed by atoms with E-state index in [4.69, 9.17) is 5.73 Å². The van der Waals surface area contributed by atoms with Crippen molar-refractivity contribution >= 4 is 11.4 Å².